The maximum absolute atomic E-state index is 11.6. The number of primary sulfonamides is 1. The summed E-state index contributed by atoms with van der Waals surface area (Å²) < 4.78 is 26.5. The molecule has 0 saturated heterocycles. The summed E-state index contributed by atoms with van der Waals surface area (Å²) in [6, 6.07) is -0.146. The van der Waals surface area contributed by atoms with Crippen molar-refractivity contribution in [1.29, 1.82) is 0 Å². The SMILES string of the molecule is Cc1nn(C)c(C)c1-c1nnc(S(N)(=O)=O)n1C(C)C. The lowest BCUT2D eigenvalue weighted by Crippen LogP contribution is -2.20. The highest BCUT2D eigenvalue weighted by atomic mass is 32.2. The van der Waals surface area contributed by atoms with Crippen molar-refractivity contribution >= 4 is 10.0 Å². The molecule has 0 amide bonds. The van der Waals surface area contributed by atoms with Crippen molar-refractivity contribution in [2.75, 3.05) is 0 Å². The average molecular weight is 298 g/mol. The number of aryl methyl sites for hydroxylation is 2. The van der Waals surface area contributed by atoms with Gasteiger partial charge < -0.3 is 0 Å². The van der Waals surface area contributed by atoms with Gasteiger partial charge in [0.15, 0.2) is 5.82 Å². The Kier molecular flexibility index (Phi) is 3.42. The van der Waals surface area contributed by atoms with Crippen LogP contribution in [0.25, 0.3) is 11.4 Å². The summed E-state index contributed by atoms with van der Waals surface area (Å²) in [6.07, 6.45) is 0. The van der Waals surface area contributed by atoms with E-state index in [-0.39, 0.29) is 11.2 Å². The van der Waals surface area contributed by atoms with E-state index in [0.717, 1.165) is 17.0 Å². The van der Waals surface area contributed by atoms with E-state index in [2.05, 4.69) is 15.3 Å². The van der Waals surface area contributed by atoms with Crippen LogP contribution in [0, 0.1) is 13.8 Å². The number of nitrogens with two attached hydrogens (primary N) is 1. The van der Waals surface area contributed by atoms with Crippen molar-refractivity contribution in [2.45, 2.75) is 38.9 Å². The summed E-state index contributed by atoms with van der Waals surface area (Å²) in [5.74, 6) is 0.465. The lowest BCUT2D eigenvalue weighted by Gasteiger charge is -2.13. The molecule has 2 rings (SSSR count). The molecule has 0 aliphatic rings. The van der Waals surface area contributed by atoms with Gasteiger partial charge in [0.05, 0.1) is 11.3 Å². The van der Waals surface area contributed by atoms with E-state index >= 15 is 0 Å². The first-order chi connectivity index (χ1) is 9.14. The van der Waals surface area contributed by atoms with Crippen LogP contribution in [-0.2, 0) is 17.1 Å². The van der Waals surface area contributed by atoms with E-state index in [9.17, 15) is 8.42 Å². The second-order valence-electron chi connectivity index (χ2n) is 4.98. The van der Waals surface area contributed by atoms with Gasteiger partial charge in [-0.1, -0.05) is 0 Å². The number of hydrogen-bond acceptors (Lipinski definition) is 5. The van der Waals surface area contributed by atoms with Crippen LogP contribution >= 0.6 is 0 Å². The Labute approximate surface area is 117 Å². The van der Waals surface area contributed by atoms with Gasteiger partial charge in [-0.05, 0) is 27.7 Å². The molecule has 2 aromatic heterocycles. The van der Waals surface area contributed by atoms with Crippen molar-refractivity contribution in [3.63, 3.8) is 0 Å². The molecule has 0 bridgehead atoms. The first-order valence-corrected chi connectivity index (χ1v) is 7.67. The fourth-order valence-electron chi connectivity index (χ4n) is 2.20. The monoisotopic (exact) mass is 298 g/mol. The Morgan fingerprint density at radius 3 is 2.20 bits per heavy atom. The van der Waals surface area contributed by atoms with E-state index in [0.29, 0.717) is 5.82 Å². The van der Waals surface area contributed by atoms with Crippen molar-refractivity contribution < 1.29 is 8.42 Å². The minimum Gasteiger partial charge on any atom is -0.294 e. The average Bonchev–Trinajstić information content (AvgIpc) is 2.81. The van der Waals surface area contributed by atoms with E-state index in [1.165, 1.54) is 4.57 Å². The Balaban J connectivity index is 2.80. The molecule has 2 heterocycles. The Morgan fingerprint density at radius 1 is 1.20 bits per heavy atom. The summed E-state index contributed by atoms with van der Waals surface area (Å²) >= 11 is 0. The van der Waals surface area contributed by atoms with Crippen molar-refractivity contribution in [2.24, 2.45) is 12.2 Å². The zero-order valence-electron chi connectivity index (χ0n) is 12.1. The van der Waals surface area contributed by atoms with Crippen LogP contribution in [-0.4, -0.2) is 33.0 Å². The van der Waals surface area contributed by atoms with Gasteiger partial charge >= 0.3 is 0 Å². The highest BCUT2D eigenvalue weighted by Gasteiger charge is 2.26. The van der Waals surface area contributed by atoms with Crippen LogP contribution in [0.15, 0.2) is 5.16 Å². The molecule has 0 atom stereocenters. The molecule has 0 spiro atoms. The first-order valence-electron chi connectivity index (χ1n) is 6.12. The molecular formula is C11H18N6O2S. The summed E-state index contributed by atoms with van der Waals surface area (Å²) in [6.45, 7) is 7.44. The fraction of sp³-hybridized carbons (Fsp3) is 0.545. The Morgan fingerprint density at radius 2 is 1.80 bits per heavy atom. The molecule has 0 aromatic carbocycles. The van der Waals surface area contributed by atoms with Crippen LogP contribution in [0.3, 0.4) is 0 Å². The van der Waals surface area contributed by atoms with E-state index in [1.807, 2.05) is 34.7 Å². The zero-order chi connectivity index (χ0) is 15.2. The first kappa shape index (κ1) is 14.7. The van der Waals surface area contributed by atoms with Gasteiger partial charge in [-0.2, -0.15) is 5.10 Å². The third-order valence-electron chi connectivity index (χ3n) is 3.17. The molecule has 2 aromatic rings. The molecule has 0 aliphatic carbocycles. The van der Waals surface area contributed by atoms with Gasteiger partial charge in [0.2, 0.25) is 0 Å². The smallest absolute Gasteiger partial charge is 0.273 e. The molecule has 110 valence electrons. The van der Waals surface area contributed by atoms with Crippen LogP contribution in [0.5, 0.6) is 0 Å². The second-order valence-corrected chi connectivity index (χ2v) is 6.44. The minimum absolute atomic E-state index is 0.146. The molecule has 2 N–H and O–H groups in total. The summed E-state index contributed by atoms with van der Waals surface area (Å²) in [7, 11) is -2.10. The number of aromatic nitrogens is 5. The standard InChI is InChI=1S/C11H18N6O2S/c1-6(2)17-10(13-14-11(17)20(12,18)19)9-7(3)15-16(5)8(9)4/h6H,1-5H3,(H2,12,18,19). The maximum atomic E-state index is 11.6. The van der Waals surface area contributed by atoms with Crippen molar-refractivity contribution in [1.82, 2.24) is 24.5 Å². The van der Waals surface area contributed by atoms with Gasteiger partial charge in [0.1, 0.15) is 0 Å². The molecule has 0 saturated carbocycles. The van der Waals surface area contributed by atoms with E-state index in [4.69, 9.17) is 5.14 Å². The maximum Gasteiger partial charge on any atom is 0.273 e. The van der Waals surface area contributed by atoms with Crippen LogP contribution in [0.4, 0.5) is 0 Å². The van der Waals surface area contributed by atoms with Crippen molar-refractivity contribution in [3.05, 3.63) is 11.4 Å². The van der Waals surface area contributed by atoms with Crippen LogP contribution in [0.1, 0.15) is 31.3 Å². The molecule has 8 nitrogen and oxygen atoms in total. The van der Waals surface area contributed by atoms with Crippen LogP contribution < -0.4 is 5.14 Å². The molecule has 9 heteroatoms. The molecule has 0 aliphatic heterocycles. The molecule has 0 fully saturated rings. The zero-order valence-corrected chi connectivity index (χ0v) is 12.9. The number of nitrogens with zero attached hydrogens (tertiary/aromatic N) is 5. The minimum atomic E-state index is -3.92. The van der Waals surface area contributed by atoms with Gasteiger partial charge in [-0.15, -0.1) is 10.2 Å². The predicted molar refractivity (Wildman–Crippen MR) is 73.5 cm³/mol. The van der Waals surface area contributed by atoms with Gasteiger partial charge in [-0.3, -0.25) is 9.25 Å². The second kappa shape index (κ2) is 4.67. The number of sulfonamides is 1. The molecule has 0 unspecified atom stereocenters. The topological polar surface area (TPSA) is 109 Å². The van der Waals surface area contributed by atoms with Gasteiger partial charge in [0.25, 0.3) is 15.2 Å². The normalized spacial score (nSPS) is 12.3. The molecule has 0 radical (unpaired) electrons. The third kappa shape index (κ3) is 2.22. The third-order valence-corrected chi connectivity index (χ3v) is 3.96. The predicted octanol–water partition coefficient (Wildman–Crippen LogP) is 0.524. The quantitative estimate of drug-likeness (QED) is 0.888. The van der Waals surface area contributed by atoms with Crippen LogP contribution in [0.2, 0.25) is 0 Å². The highest BCUT2D eigenvalue weighted by molar-refractivity contribution is 7.89. The lowest BCUT2D eigenvalue weighted by atomic mass is 10.2. The summed E-state index contributed by atoms with van der Waals surface area (Å²) in [4.78, 5) is 0. The Bertz CT molecular complexity index is 756. The Hall–Kier alpha value is -1.74. The largest absolute Gasteiger partial charge is 0.294 e. The van der Waals surface area contributed by atoms with E-state index < -0.39 is 10.0 Å². The van der Waals surface area contributed by atoms with Gasteiger partial charge in [-0.25, -0.2) is 13.6 Å². The lowest BCUT2D eigenvalue weighted by molar-refractivity contribution is 0.524. The number of rotatable bonds is 3. The molecular weight excluding hydrogens is 280 g/mol. The van der Waals surface area contributed by atoms with Gasteiger partial charge in [0, 0.05) is 18.8 Å². The summed E-state index contributed by atoms with van der Waals surface area (Å²) in [5, 5.41) is 17.0. The summed E-state index contributed by atoms with van der Waals surface area (Å²) in [5.41, 5.74) is 2.43. The number of hydrogen-bond donors (Lipinski definition) is 1. The molecule has 20 heavy (non-hydrogen) atoms. The highest BCUT2D eigenvalue weighted by Crippen LogP contribution is 2.28. The van der Waals surface area contributed by atoms with E-state index in [1.54, 1.807) is 4.68 Å². The fourth-order valence-corrected chi connectivity index (χ4v) is 2.93. The van der Waals surface area contributed by atoms with Crippen molar-refractivity contribution in [3.8, 4) is 11.4 Å².